The van der Waals surface area contributed by atoms with Gasteiger partial charge in [0.05, 0.1) is 28.4 Å². The summed E-state index contributed by atoms with van der Waals surface area (Å²) in [6.07, 6.45) is 1.50. The molecule has 2 heterocycles. The summed E-state index contributed by atoms with van der Waals surface area (Å²) >= 11 is 1.54. The number of nitrogens with one attached hydrogen (secondary N) is 3. The van der Waals surface area contributed by atoms with Crippen molar-refractivity contribution in [2.45, 2.75) is 30.3 Å². The van der Waals surface area contributed by atoms with Crippen LogP contribution >= 0.6 is 11.3 Å². The maximum Gasteiger partial charge on any atom is 0.316 e. The number of aromatic nitrogens is 1. The average molecular weight is 458 g/mol. The Morgan fingerprint density at radius 3 is 2.69 bits per heavy atom. The van der Waals surface area contributed by atoms with Crippen molar-refractivity contribution in [2.75, 3.05) is 13.7 Å². The van der Waals surface area contributed by atoms with E-state index >= 15 is 0 Å². The van der Waals surface area contributed by atoms with Gasteiger partial charge in [-0.1, -0.05) is 6.07 Å². The molecule has 5 rings (SSSR count). The Balaban J connectivity index is 1.34. The van der Waals surface area contributed by atoms with E-state index in [-0.39, 0.29) is 17.9 Å². The highest BCUT2D eigenvalue weighted by Gasteiger charge is 2.47. The van der Waals surface area contributed by atoms with E-state index in [2.05, 4.69) is 20.9 Å². The van der Waals surface area contributed by atoms with Crippen molar-refractivity contribution >= 4 is 33.5 Å². The Morgan fingerprint density at radius 1 is 1.25 bits per heavy atom. The summed E-state index contributed by atoms with van der Waals surface area (Å²) in [7, 11) is 1.31. The molecule has 1 aliphatic carbocycles. The second kappa shape index (κ2) is 7.70. The molecule has 32 heavy (non-hydrogen) atoms. The van der Waals surface area contributed by atoms with Crippen molar-refractivity contribution in [3.05, 3.63) is 58.6 Å². The van der Waals surface area contributed by atoms with Crippen LogP contribution < -0.4 is 20.7 Å². The van der Waals surface area contributed by atoms with E-state index in [0.717, 1.165) is 40.8 Å². The summed E-state index contributed by atoms with van der Waals surface area (Å²) < 4.78 is 35.1. The molecule has 2 fully saturated rings. The zero-order valence-corrected chi connectivity index (χ0v) is 17.9. The summed E-state index contributed by atoms with van der Waals surface area (Å²) in [6, 6.07) is 6.33. The fourth-order valence-electron chi connectivity index (χ4n) is 4.25. The minimum absolute atomic E-state index is 0.00951. The smallest absolute Gasteiger partial charge is 0.316 e. The first-order chi connectivity index (χ1) is 15.4. The highest BCUT2D eigenvalue weighted by molar-refractivity contribution is 7.16. The van der Waals surface area contributed by atoms with Gasteiger partial charge in [-0.3, -0.25) is 4.79 Å². The number of rotatable bonds is 5. The standard InChI is InChI=1S/C22H20F2N4O3S/c1-31-12-7-14(23)18(15(24)8-12)13-9-25-20(29)19(13)27-21(30)28-22(4-5-22)11-2-3-17-16(6-11)26-10-32-17/h2-3,6-8,10,13,19H,4-5,9H2,1H3,(H,25,29)(H2,27,28,30)/t13-,19-/m0/s1. The van der Waals surface area contributed by atoms with E-state index in [4.69, 9.17) is 4.74 Å². The minimum Gasteiger partial charge on any atom is -0.497 e. The molecule has 3 amide bonds. The Kier molecular flexibility index (Phi) is 4.96. The van der Waals surface area contributed by atoms with Crippen LogP contribution in [0.15, 0.2) is 35.8 Å². The zero-order chi connectivity index (χ0) is 22.5. The number of carbonyl (C=O) groups is 2. The predicted molar refractivity (Wildman–Crippen MR) is 115 cm³/mol. The molecular weight excluding hydrogens is 438 g/mol. The molecule has 10 heteroatoms. The monoisotopic (exact) mass is 458 g/mol. The first-order valence-corrected chi connectivity index (χ1v) is 11.0. The Morgan fingerprint density at radius 2 is 2.00 bits per heavy atom. The number of hydrogen-bond donors (Lipinski definition) is 3. The number of hydrogen-bond acceptors (Lipinski definition) is 5. The average Bonchev–Trinajstić information content (AvgIpc) is 3.24. The van der Waals surface area contributed by atoms with Gasteiger partial charge in [0.2, 0.25) is 5.91 Å². The number of methoxy groups -OCH3 is 1. The van der Waals surface area contributed by atoms with Crippen LogP contribution in [0, 0.1) is 11.6 Å². The first-order valence-electron chi connectivity index (χ1n) is 10.1. The Bertz CT molecular complexity index is 1200. The molecule has 0 unspecified atom stereocenters. The van der Waals surface area contributed by atoms with Gasteiger partial charge in [-0.05, 0) is 30.5 Å². The van der Waals surface area contributed by atoms with Gasteiger partial charge >= 0.3 is 6.03 Å². The fourth-order valence-corrected chi connectivity index (χ4v) is 4.91. The molecule has 3 aromatic rings. The molecule has 3 N–H and O–H groups in total. The SMILES string of the molecule is COc1cc(F)c([C@@H]2CNC(=O)[C@H]2NC(=O)NC2(c3ccc4scnc4c3)CC2)c(F)c1. The maximum atomic E-state index is 14.6. The number of fused-ring (bicyclic) bond motifs is 1. The lowest BCUT2D eigenvalue weighted by Crippen LogP contribution is -2.50. The quantitative estimate of drug-likeness (QED) is 0.548. The number of benzene rings is 2. The lowest BCUT2D eigenvalue weighted by atomic mass is 9.92. The zero-order valence-electron chi connectivity index (χ0n) is 17.1. The summed E-state index contributed by atoms with van der Waals surface area (Å²) in [5.74, 6) is -3.00. The normalized spacial score (nSPS) is 21.3. The molecule has 2 aliphatic rings. The lowest BCUT2D eigenvalue weighted by Gasteiger charge is -2.23. The van der Waals surface area contributed by atoms with Crippen molar-refractivity contribution in [2.24, 2.45) is 0 Å². The van der Waals surface area contributed by atoms with Gasteiger partial charge in [0, 0.05) is 30.2 Å². The van der Waals surface area contributed by atoms with Crippen LogP contribution in [0.1, 0.15) is 29.9 Å². The summed E-state index contributed by atoms with van der Waals surface area (Å²) in [5.41, 5.74) is 2.77. The van der Waals surface area contributed by atoms with Gasteiger partial charge in [-0.15, -0.1) is 11.3 Å². The van der Waals surface area contributed by atoms with Crippen molar-refractivity contribution < 1.29 is 23.1 Å². The lowest BCUT2D eigenvalue weighted by molar-refractivity contribution is -0.120. The molecule has 0 radical (unpaired) electrons. The molecule has 1 aliphatic heterocycles. The third-order valence-electron chi connectivity index (χ3n) is 6.11. The Hall–Kier alpha value is -3.27. The molecule has 0 bridgehead atoms. The molecular formula is C22H20F2N4O3S. The molecule has 2 atom stereocenters. The van der Waals surface area contributed by atoms with Crippen LogP contribution in [0.2, 0.25) is 0 Å². The van der Waals surface area contributed by atoms with Gasteiger partial charge in [-0.2, -0.15) is 0 Å². The number of halogens is 2. The fraction of sp³-hybridized carbons (Fsp3) is 0.318. The second-order valence-corrected chi connectivity index (χ2v) is 8.94. The summed E-state index contributed by atoms with van der Waals surface area (Å²) in [6.45, 7) is 0.00951. The Labute approximate surface area is 186 Å². The van der Waals surface area contributed by atoms with Crippen LogP contribution in [0.25, 0.3) is 10.2 Å². The van der Waals surface area contributed by atoms with E-state index in [0.29, 0.717) is 0 Å². The van der Waals surface area contributed by atoms with Gasteiger partial charge < -0.3 is 20.7 Å². The predicted octanol–water partition coefficient (Wildman–Crippen LogP) is 3.15. The van der Waals surface area contributed by atoms with E-state index < -0.39 is 41.1 Å². The van der Waals surface area contributed by atoms with Gasteiger partial charge in [-0.25, -0.2) is 18.6 Å². The topological polar surface area (TPSA) is 92.4 Å². The van der Waals surface area contributed by atoms with Crippen molar-refractivity contribution in [1.82, 2.24) is 20.9 Å². The molecule has 1 saturated carbocycles. The molecule has 1 aromatic heterocycles. The van der Waals surface area contributed by atoms with Crippen LogP contribution in [0.4, 0.5) is 13.6 Å². The van der Waals surface area contributed by atoms with Gasteiger partial charge in [0.15, 0.2) is 0 Å². The van der Waals surface area contributed by atoms with Crippen molar-refractivity contribution in [3.8, 4) is 5.75 Å². The number of urea groups is 1. The van der Waals surface area contributed by atoms with E-state index in [9.17, 15) is 18.4 Å². The first kappa shape index (κ1) is 20.6. The minimum atomic E-state index is -1.11. The third kappa shape index (κ3) is 3.54. The van der Waals surface area contributed by atoms with Gasteiger partial charge in [0.1, 0.15) is 23.4 Å². The highest BCUT2D eigenvalue weighted by atomic mass is 32.1. The molecule has 7 nitrogen and oxygen atoms in total. The van der Waals surface area contributed by atoms with E-state index in [1.54, 1.807) is 16.8 Å². The summed E-state index contributed by atoms with van der Waals surface area (Å²) in [5, 5.41) is 8.14. The number of ether oxygens (including phenoxy) is 1. The largest absolute Gasteiger partial charge is 0.497 e. The number of thiazole rings is 1. The number of amides is 3. The van der Waals surface area contributed by atoms with Crippen molar-refractivity contribution in [1.29, 1.82) is 0 Å². The van der Waals surface area contributed by atoms with Crippen LogP contribution in [0.3, 0.4) is 0 Å². The second-order valence-electron chi connectivity index (χ2n) is 8.05. The molecule has 1 saturated heterocycles. The highest BCUT2D eigenvalue weighted by Crippen LogP contribution is 2.46. The molecule has 166 valence electrons. The number of nitrogens with zero attached hydrogens (tertiary/aromatic N) is 1. The van der Waals surface area contributed by atoms with E-state index in [1.165, 1.54) is 7.11 Å². The third-order valence-corrected chi connectivity index (χ3v) is 6.92. The van der Waals surface area contributed by atoms with Crippen molar-refractivity contribution in [3.63, 3.8) is 0 Å². The molecule has 0 spiro atoms. The van der Waals surface area contributed by atoms with Gasteiger partial charge in [0.25, 0.3) is 0 Å². The maximum absolute atomic E-state index is 14.6. The number of carbonyl (C=O) groups excluding carboxylic acids is 2. The van der Waals surface area contributed by atoms with Crippen LogP contribution in [-0.2, 0) is 10.3 Å². The summed E-state index contributed by atoms with van der Waals surface area (Å²) in [4.78, 5) is 29.5. The van der Waals surface area contributed by atoms with Crippen LogP contribution in [-0.4, -0.2) is 36.6 Å². The molecule has 2 aromatic carbocycles. The van der Waals surface area contributed by atoms with E-state index in [1.807, 2.05) is 18.2 Å². The van der Waals surface area contributed by atoms with Crippen LogP contribution in [0.5, 0.6) is 5.75 Å².